The Morgan fingerprint density at radius 3 is 2.86 bits per heavy atom. The van der Waals surface area contributed by atoms with E-state index in [-0.39, 0.29) is 0 Å². The van der Waals surface area contributed by atoms with Gasteiger partial charge in [-0.15, -0.1) is 11.3 Å². The van der Waals surface area contributed by atoms with Crippen molar-refractivity contribution in [2.24, 2.45) is 4.99 Å². The number of hydrogen-bond acceptors (Lipinski definition) is 4. The number of furan rings is 1. The molecule has 0 aliphatic heterocycles. The predicted octanol–water partition coefficient (Wildman–Crippen LogP) is 2.73. The summed E-state index contributed by atoms with van der Waals surface area (Å²) < 4.78 is 5.19. The maximum absolute atomic E-state index is 10.0. The Labute approximate surface area is 135 Å². The average molecular weight is 321 g/mol. The number of thiophene rings is 1. The number of aliphatic imine (C=N–C) groups is 1. The number of aliphatic hydroxyl groups excluding tert-OH is 1. The molecule has 2 rings (SSSR count). The number of nitrogens with one attached hydrogen (secondary N) is 2. The molecule has 5 nitrogen and oxygen atoms in total. The van der Waals surface area contributed by atoms with Crippen LogP contribution in [0.2, 0.25) is 0 Å². The van der Waals surface area contributed by atoms with Crippen LogP contribution in [0.3, 0.4) is 0 Å². The molecule has 6 heteroatoms. The van der Waals surface area contributed by atoms with Crippen molar-refractivity contribution in [1.29, 1.82) is 0 Å². The Balaban J connectivity index is 1.87. The number of nitrogens with zero attached hydrogens (tertiary/aromatic N) is 1. The monoisotopic (exact) mass is 321 g/mol. The summed E-state index contributed by atoms with van der Waals surface area (Å²) >= 11 is 1.75. The second-order valence-electron chi connectivity index (χ2n) is 5.05. The molecule has 0 aliphatic rings. The first-order valence-electron chi connectivity index (χ1n) is 7.47. The van der Waals surface area contributed by atoms with Crippen LogP contribution >= 0.6 is 11.3 Å². The lowest BCUT2D eigenvalue weighted by atomic mass is 10.1. The zero-order valence-corrected chi connectivity index (χ0v) is 13.8. The van der Waals surface area contributed by atoms with E-state index < -0.39 is 6.10 Å². The fourth-order valence-electron chi connectivity index (χ4n) is 2.01. The smallest absolute Gasteiger partial charge is 0.191 e. The van der Waals surface area contributed by atoms with Gasteiger partial charge in [-0.2, -0.15) is 0 Å². The maximum atomic E-state index is 10.0. The summed E-state index contributed by atoms with van der Waals surface area (Å²) in [7, 11) is 0. The van der Waals surface area contributed by atoms with Crippen LogP contribution in [0.5, 0.6) is 0 Å². The van der Waals surface area contributed by atoms with Gasteiger partial charge >= 0.3 is 0 Å². The summed E-state index contributed by atoms with van der Waals surface area (Å²) in [5, 5.41) is 18.4. The summed E-state index contributed by atoms with van der Waals surface area (Å²) in [6.07, 6.45) is 0.870. The van der Waals surface area contributed by atoms with E-state index in [9.17, 15) is 5.11 Å². The van der Waals surface area contributed by atoms with Crippen molar-refractivity contribution in [3.05, 3.63) is 46.5 Å². The van der Waals surface area contributed by atoms with Gasteiger partial charge in [0.25, 0.3) is 0 Å². The third kappa shape index (κ3) is 4.89. The molecule has 120 valence electrons. The van der Waals surface area contributed by atoms with E-state index in [1.165, 1.54) is 4.88 Å². The van der Waals surface area contributed by atoms with Crippen molar-refractivity contribution in [3.63, 3.8) is 0 Å². The van der Waals surface area contributed by atoms with Crippen molar-refractivity contribution < 1.29 is 9.52 Å². The van der Waals surface area contributed by atoms with Crippen LogP contribution < -0.4 is 10.6 Å². The normalized spacial score (nSPS) is 14.6. The van der Waals surface area contributed by atoms with Crippen LogP contribution in [0, 0.1) is 0 Å². The van der Waals surface area contributed by atoms with E-state index in [1.54, 1.807) is 29.7 Å². The minimum atomic E-state index is -0.687. The van der Waals surface area contributed by atoms with Crippen LogP contribution in [-0.4, -0.2) is 30.7 Å². The summed E-state index contributed by atoms with van der Waals surface area (Å²) in [5.74, 6) is 1.64. The molecule has 0 saturated carbocycles. The van der Waals surface area contributed by atoms with Crippen LogP contribution in [0.15, 0.2) is 45.3 Å². The standard InChI is InChI=1S/C16H23N3O2S/c1-3-17-16(18-10-12(2)15-7-5-9-22-15)19-11-13(20)14-6-4-8-21-14/h4-9,12-13,20H,3,10-11H2,1-2H3,(H2,17,18,19). The molecule has 0 amide bonds. The minimum Gasteiger partial charge on any atom is -0.467 e. The van der Waals surface area contributed by atoms with Gasteiger partial charge in [-0.1, -0.05) is 13.0 Å². The summed E-state index contributed by atoms with van der Waals surface area (Å²) in [6.45, 7) is 6.01. The highest BCUT2D eigenvalue weighted by atomic mass is 32.1. The van der Waals surface area contributed by atoms with Gasteiger partial charge < -0.3 is 20.2 Å². The second kappa shape index (κ2) is 8.60. The number of guanidine groups is 1. The molecule has 2 atom stereocenters. The molecule has 0 spiro atoms. The van der Waals surface area contributed by atoms with Gasteiger partial charge in [0.15, 0.2) is 5.96 Å². The summed E-state index contributed by atoms with van der Waals surface area (Å²) in [5.41, 5.74) is 0. The molecule has 22 heavy (non-hydrogen) atoms. The van der Waals surface area contributed by atoms with Crippen molar-refractivity contribution in [2.75, 3.05) is 19.6 Å². The Morgan fingerprint density at radius 1 is 1.36 bits per heavy atom. The first-order valence-corrected chi connectivity index (χ1v) is 8.35. The quantitative estimate of drug-likeness (QED) is 0.542. The lowest BCUT2D eigenvalue weighted by Gasteiger charge is -2.15. The predicted molar refractivity (Wildman–Crippen MR) is 90.4 cm³/mol. The van der Waals surface area contributed by atoms with Gasteiger partial charge in [0.2, 0.25) is 0 Å². The van der Waals surface area contributed by atoms with Crippen molar-refractivity contribution in [3.8, 4) is 0 Å². The van der Waals surface area contributed by atoms with Crippen molar-refractivity contribution >= 4 is 17.3 Å². The van der Waals surface area contributed by atoms with Gasteiger partial charge in [0, 0.05) is 17.3 Å². The summed E-state index contributed by atoms with van der Waals surface area (Å²) in [4.78, 5) is 5.91. The lowest BCUT2D eigenvalue weighted by molar-refractivity contribution is 0.153. The van der Waals surface area contributed by atoms with E-state index in [1.807, 2.05) is 6.92 Å². The minimum absolute atomic E-state index is 0.354. The summed E-state index contributed by atoms with van der Waals surface area (Å²) in [6, 6.07) is 7.71. The van der Waals surface area contributed by atoms with E-state index in [2.05, 4.69) is 40.1 Å². The molecule has 2 aromatic rings. The zero-order valence-electron chi connectivity index (χ0n) is 13.0. The Kier molecular flexibility index (Phi) is 6.48. The third-order valence-corrected chi connectivity index (χ3v) is 4.33. The Bertz CT molecular complexity index is 552. The zero-order chi connectivity index (χ0) is 15.8. The molecule has 0 bridgehead atoms. The van der Waals surface area contributed by atoms with Gasteiger partial charge in [-0.05, 0) is 30.5 Å². The van der Waals surface area contributed by atoms with Gasteiger partial charge in [-0.3, -0.25) is 4.99 Å². The van der Waals surface area contributed by atoms with Crippen molar-refractivity contribution in [1.82, 2.24) is 10.6 Å². The van der Waals surface area contributed by atoms with Crippen LogP contribution in [-0.2, 0) is 0 Å². The van der Waals surface area contributed by atoms with E-state index in [4.69, 9.17) is 4.42 Å². The van der Waals surface area contributed by atoms with Crippen molar-refractivity contribution in [2.45, 2.75) is 25.9 Å². The molecular formula is C16H23N3O2S. The average Bonchev–Trinajstić information content (AvgIpc) is 3.22. The van der Waals surface area contributed by atoms with E-state index in [0.29, 0.717) is 30.7 Å². The highest BCUT2D eigenvalue weighted by Gasteiger charge is 2.11. The molecule has 2 heterocycles. The fraction of sp³-hybridized carbons (Fsp3) is 0.438. The van der Waals surface area contributed by atoms with Crippen LogP contribution in [0.25, 0.3) is 0 Å². The Hall–Kier alpha value is -1.79. The third-order valence-electron chi connectivity index (χ3n) is 3.23. The molecular weight excluding hydrogens is 298 g/mol. The largest absolute Gasteiger partial charge is 0.467 e. The topological polar surface area (TPSA) is 69.8 Å². The molecule has 0 fully saturated rings. The highest BCUT2D eigenvalue weighted by molar-refractivity contribution is 7.10. The van der Waals surface area contributed by atoms with E-state index in [0.717, 1.165) is 6.54 Å². The lowest BCUT2D eigenvalue weighted by Crippen LogP contribution is -2.39. The van der Waals surface area contributed by atoms with Crippen LogP contribution in [0.1, 0.15) is 36.5 Å². The van der Waals surface area contributed by atoms with Gasteiger partial charge in [0.1, 0.15) is 11.9 Å². The second-order valence-corrected chi connectivity index (χ2v) is 6.03. The number of rotatable bonds is 7. The molecule has 0 saturated heterocycles. The highest BCUT2D eigenvalue weighted by Crippen LogP contribution is 2.20. The Morgan fingerprint density at radius 2 is 2.23 bits per heavy atom. The SMILES string of the molecule is CCNC(=NCC(C)c1cccs1)NCC(O)c1ccco1. The van der Waals surface area contributed by atoms with Gasteiger partial charge in [0.05, 0.1) is 19.4 Å². The molecule has 0 aliphatic carbocycles. The molecule has 0 radical (unpaired) electrons. The fourth-order valence-corrected chi connectivity index (χ4v) is 2.78. The number of hydrogen-bond donors (Lipinski definition) is 3. The maximum Gasteiger partial charge on any atom is 0.191 e. The van der Waals surface area contributed by atoms with E-state index >= 15 is 0 Å². The molecule has 2 unspecified atom stereocenters. The van der Waals surface area contributed by atoms with Crippen LogP contribution in [0.4, 0.5) is 0 Å². The molecule has 2 aromatic heterocycles. The van der Waals surface area contributed by atoms with Gasteiger partial charge in [-0.25, -0.2) is 0 Å². The first kappa shape index (κ1) is 16.6. The number of aliphatic hydroxyl groups is 1. The first-order chi connectivity index (χ1) is 10.7. The molecule has 3 N–H and O–H groups in total. The molecule has 0 aromatic carbocycles.